The Kier molecular flexibility index (Phi) is 2.25. The first kappa shape index (κ1) is 10.9. The molecule has 3 fully saturated rings. The molecule has 3 saturated carbocycles. The van der Waals surface area contributed by atoms with Gasteiger partial charge in [0.05, 0.1) is 0 Å². The van der Waals surface area contributed by atoms with Gasteiger partial charge in [0.15, 0.2) is 0 Å². The van der Waals surface area contributed by atoms with E-state index in [0.717, 1.165) is 17.5 Å². The number of benzene rings is 1. The van der Waals surface area contributed by atoms with Crippen molar-refractivity contribution in [1.29, 1.82) is 0 Å². The lowest BCUT2D eigenvalue weighted by Crippen LogP contribution is -2.18. The van der Waals surface area contributed by atoms with Crippen molar-refractivity contribution >= 4 is 23.2 Å². The fraction of sp³-hybridized carbons (Fsp3) is 0.533. The molecule has 2 bridgehead atoms. The first-order valence-corrected chi connectivity index (χ1v) is 7.18. The Labute approximate surface area is 112 Å². The third-order valence-corrected chi connectivity index (χ3v) is 5.40. The molecule has 3 aliphatic rings. The van der Waals surface area contributed by atoms with Crippen LogP contribution in [0.3, 0.4) is 0 Å². The molecule has 18 heavy (non-hydrogen) atoms. The van der Waals surface area contributed by atoms with Gasteiger partial charge in [0, 0.05) is 16.6 Å². The molecule has 0 spiro atoms. The molecule has 1 amide bonds. The summed E-state index contributed by atoms with van der Waals surface area (Å²) in [4.78, 5) is 12.2. The average molecular weight is 262 g/mol. The summed E-state index contributed by atoms with van der Waals surface area (Å²) >= 11 is 5.83. The van der Waals surface area contributed by atoms with Gasteiger partial charge in [0.2, 0.25) is 5.91 Å². The normalized spacial score (nSPS) is 39.5. The summed E-state index contributed by atoms with van der Waals surface area (Å²) in [6.45, 7) is 0. The molecule has 0 aromatic heterocycles. The van der Waals surface area contributed by atoms with Crippen LogP contribution in [0.5, 0.6) is 0 Å². The third kappa shape index (κ3) is 1.51. The van der Waals surface area contributed by atoms with Gasteiger partial charge >= 0.3 is 0 Å². The van der Waals surface area contributed by atoms with Crippen LogP contribution in [0.25, 0.3) is 0 Å². The topological polar surface area (TPSA) is 29.1 Å². The zero-order chi connectivity index (χ0) is 12.3. The number of rotatable bonds is 2. The van der Waals surface area contributed by atoms with Gasteiger partial charge in [-0.15, -0.1) is 0 Å². The fourth-order valence-electron chi connectivity index (χ4n) is 4.43. The molecule has 4 unspecified atom stereocenters. The van der Waals surface area contributed by atoms with Crippen molar-refractivity contribution < 1.29 is 4.79 Å². The Morgan fingerprint density at radius 1 is 1.11 bits per heavy atom. The second kappa shape index (κ2) is 3.74. The smallest absolute Gasteiger partial charge is 0.228 e. The number of fused-ring (bicyclic) bond motifs is 5. The number of nitrogens with one attached hydrogen (secondary N) is 1. The molecule has 4 rings (SSSR count). The maximum absolute atomic E-state index is 12.2. The largest absolute Gasteiger partial charge is 0.326 e. The number of hydrogen-bond acceptors (Lipinski definition) is 1. The molecule has 0 saturated heterocycles. The van der Waals surface area contributed by atoms with Crippen molar-refractivity contribution in [3.8, 4) is 0 Å². The minimum absolute atomic E-state index is 0.226. The van der Waals surface area contributed by atoms with E-state index in [1.54, 1.807) is 0 Å². The maximum atomic E-state index is 12.2. The predicted octanol–water partition coefficient (Wildman–Crippen LogP) is 3.57. The summed E-state index contributed by atoms with van der Waals surface area (Å²) in [6, 6.07) is 7.36. The molecular weight excluding hydrogens is 246 g/mol. The van der Waals surface area contributed by atoms with Crippen LogP contribution in [0.15, 0.2) is 24.3 Å². The SMILES string of the molecule is O=C(Nc1ccc(Cl)cc1)C1C2C3CCC(C3)C12. The number of hydrogen-bond donors (Lipinski definition) is 1. The van der Waals surface area contributed by atoms with Crippen LogP contribution in [0.1, 0.15) is 19.3 Å². The van der Waals surface area contributed by atoms with E-state index in [4.69, 9.17) is 11.6 Å². The van der Waals surface area contributed by atoms with Crippen LogP contribution in [0, 0.1) is 29.6 Å². The Bertz CT molecular complexity index is 482. The van der Waals surface area contributed by atoms with Crippen molar-refractivity contribution in [1.82, 2.24) is 0 Å². The van der Waals surface area contributed by atoms with Gasteiger partial charge in [-0.25, -0.2) is 0 Å². The van der Waals surface area contributed by atoms with E-state index in [2.05, 4.69) is 5.32 Å². The van der Waals surface area contributed by atoms with E-state index in [9.17, 15) is 4.79 Å². The molecule has 4 atom stereocenters. The highest BCUT2D eigenvalue weighted by atomic mass is 35.5. The lowest BCUT2D eigenvalue weighted by molar-refractivity contribution is -0.118. The highest BCUT2D eigenvalue weighted by molar-refractivity contribution is 6.30. The summed E-state index contributed by atoms with van der Waals surface area (Å²) in [6.07, 6.45) is 4.10. The quantitative estimate of drug-likeness (QED) is 0.866. The van der Waals surface area contributed by atoms with Gasteiger partial charge in [0.1, 0.15) is 0 Å². The third-order valence-electron chi connectivity index (χ3n) is 5.15. The van der Waals surface area contributed by atoms with Crippen molar-refractivity contribution in [2.45, 2.75) is 19.3 Å². The molecule has 3 heteroatoms. The lowest BCUT2D eigenvalue weighted by Gasteiger charge is -2.09. The molecule has 94 valence electrons. The van der Waals surface area contributed by atoms with Gasteiger partial charge < -0.3 is 5.32 Å². The lowest BCUT2D eigenvalue weighted by atomic mass is 10.0. The van der Waals surface area contributed by atoms with E-state index >= 15 is 0 Å². The number of carbonyl (C=O) groups excluding carboxylic acids is 1. The van der Waals surface area contributed by atoms with E-state index < -0.39 is 0 Å². The van der Waals surface area contributed by atoms with Crippen LogP contribution in [0.2, 0.25) is 5.02 Å². The van der Waals surface area contributed by atoms with E-state index in [1.165, 1.54) is 19.3 Å². The summed E-state index contributed by atoms with van der Waals surface area (Å²) in [5.74, 6) is 3.63. The summed E-state index contributed by atoms with van der Waals surface area (Å²) in [5.41, 5.74) is 0.863. The molecule has 0 heterocycles. The molecule has 3 aliphatic carbocycles. The number of halogens is 1. The molecule has 2 nitrogen and oxygen atoms in total. The van der Waals surface area contributed by atoms with E-state index in [0.29, 0.717) is 22.8 Å². The minimum atomic E-state index is 0.226. The molecule has 0 radical (unpaired) electrons. The Balaban J connectivity index is 1.45. The highest BCUT2D eigenvalue weighted by Crippen LogP contribution is 2.69. The standard InChI is InChI=1S/C15H16ClNO/c16-10-3-5-11(6-4-10)17-15(18)14-12-8-1-2-9(7-8)13(12)14/h3-6,8-9,12-14H,1-2,7H2,(H,17,18). The van der Waals surface area contributed by atoms with Gasteiger partial charge in [0.25, 0.3) is 0 Å². The summed E-state index contributed by atoms with van der Waals surface area (Å²) in [5, 5.41) is 3.73. The maximum Gasteiger partial charge on any atom is 0.228 e. The predicted molar refractivity (Wildman–Crippen MR) is 71.4 cm³/mol. The first-order chi connectivity index (χ1) is 8.74. The molecular formula is C15H16ClNO. The van der Waals surface area contributed by atoms with E-state index in [1.807, 2.05) is 24.3 Å². The van der Waals surface area contributed by atoms with Crippen LogP contribution >= 0.6 is 11.6 Å². The van der Waals surface area contributed by atoms with Crippen LogP contribution in [-0.2, 0) is 4.79 Å². The monoisotopic (exact) mass is 261 g/mol. The van der Waals surface area contributed by atoms with Crippen molar-refractivity contribution in [2.75, 3.05) is 5.32 Å². The second-order valence-corrected chi connectivity index (χ2v) is 6.45. The summed E-state index contributed by atoms with van der Waals surface area (Å²) < 4.78 is 0. The number of anilines is 1. The van der Waals surface area contributed by atoms with Crippen molar-refractivity contribution in [3.05, 3.63) is 29.3 Å². The molecule has 1 aromatic carbocycles. The highest BCUT2D eigenvalue weighted by Gasteiger charge is 2.67. The van der Waals surface area contributed by atoms with Gasteiger partial charge in [-0.2, -0.15) is 0 Å². The fourth-order valence-corrected chi connectivity index (χ4v) is 4.56. The zero-order valence-corrected chi connectivity index (χ0v) is 10.9. The number of carbonyl (C=O) groups is 1. The van der Waals surface area contributed by atoms with Crippen LogP contribution in [-0.4, -0.2) is 5.91 Å². The zero-order valence-electron chi connectivity index (χ0n) is 10.1. The van der Waals surface area contributed by atoms with Gasteiger partial charge in [-0.1, -0.05) is 11.6 Å². The van der Waals surface area contributed by atoms with Gasteiger partial charge in [-0.05, 0) is 67.2 Å². The second-order valence-electron chi connectivity index (χ2n) is 6.01. The van der Waals surface area contributed by atoms with Crippen LogP contribution < -0.4 is 5.32 Å². The Morgan fingerprint density at radius 2 is 1.72 bits per heavy atom. The van der Waals surface area contributed by atoms with Crippen molar-refractivity contribution in [2.24, 2.45) is 29.6 Å². The average Bonchev–Trinajstić information content (AvgIpc) is 2.82. The number of amides is 1. The van der Waals surface area contributed by atoms with Crippen molar-refractivity contribution in [3.63, 3.8) is 0 Å². The first-order valence-electron chi connectivity index (χ1n) is 6.80. The Morgan fingerprint density at radius 3 is 2.33 bits per heavy atom. The Hall–Kier alpha value is -1.02. The van der Waals surface area contributed by atoms with E-state index in [-0.39, 0.29) is 5.91 Å². The van der Waals surface area contributed by atoms with Crippen LogP contribution in [0.4, 0.5) is 5.69 Å². The summed E-state index contributed by atoms with van der Waals surface area (Å²) in [7, 11) is 0. The molecule has 0 aliphatic heterocycles. The van der Waals surface area contributed by atoms with Gasteiger partial charge in [-0.3, -0.25) is 4.79 Å². The minimum Gasteiger partial charge on any atom is -0.326 e. The molecule has 1 aromatic rings. The molecule has 1 N–H and O–H groups in total.